The Morgan fingerprint density at radius 1 is 1.11 bits per heavy atom. The molecule has 2 aromatic carbocycles. The summed E-state index contributed by atoms with van der Waals surface area (Å²) in [5.41, 5.74) is 0.212. The molecular weight excluding hydrogens is 368 g/mol. The second-order valence-electron chi connectivity index (χ2n) is 5.78. The van der Waals surface area contributed by atoms with E-state index in [-0.39, 0.29) is 18.7 Å². The van der Waals surface area contributed by atoms with Crippen LogP contribution in [0.2, 0.25) is 5.02 Å². The van der Waals surface area contributed by atoms with Gasteiger partial charge in [0.15, 0.2) is 5.69 Å². The lowest BCUT2D eigenvalue weighted by molar-refractivity contribution is 0.269. The van der Waals surface area contributed by atoms with Crippen LogP contribution in [0.1, 0.15) is 16.8 Å². The first kappa shape index (κ1) is 18.6. The van der Waals surface area contributed by atoms with Gasteiger partial charge < -0.3 is 5.11 Å². The zero-order chi connectivity index (χ0) is 19.4. The predicted octanol–water partition coefficient (Wildman–Crippen LogP) is 1.65. The van der Waals surface area contributed by atoms with Gasteiger partial charge in [0, 0.05) is 5.02 Å². The Balaban J connectivity index is 2.20. The van der Waals surface area contributed by atoms with Crippen LogP contribution in [0.15, 0.2) is 58.1 Å². The van der Waals surface area contributed by atoms with Crippen molar-refractivity contribution in [1.29, 1.82) is 5.26 Å². The molecule has 0 aliphatic carbocycles. The molecule has 0 bridgehead atoms. The largest absolute Gasteiger partial charge is 0.390 e. The summed E-state index contributed by atoms with van der Waals surface area (Å²) in [7, 11) is 0. The monoisotopic (exact) mass is 382 g/mol. The summed E-state index contributed by atoms with van der Waals surface area (Å²) in [6.07, 6.45) is 0.0784. The molecule has 0 aliphatic heterocycles. The van der Waals surface area contributed by atoms with E-state index in [1.54, 1.807) is 48.5 Å². The maximum absolute atomic E-state index is 13.0. The maximum atomic E-state index is 13.0. The first-order valence-corrected chi connectivity index (χ1v) is 8.46. The molecule has 8 heteroatoms. The Morgan fingerprint density at radius 2 is 1.81 bits per heavy atom. The van der Waals surface area contributed by atoms with Gasteiger partial charge in [-0.15, -0.1) is 0 Å². The summed E-state index contributed by atoms with van der Waals surface area (Å²) in [4.78, 5) is 25.5. The van der Waals surface area contributed by atoms with Crippen LogP contribution in [-0.2, 0) is 19.6 Å². The van der Waals surface area contributed by atoms with Crippen LogP contribution in [0.4, 0.5) is 0 Å². The van der Waals surface area contributed by atoms with Gasteiger partial charge in [-0.25, -0.2) is 4.79 Å². The third-order valence-corrected chi connectivity index (χ3v) is 4.27. The van der Waals surface area contributed by atoms with Gasteiger partial charge >= 0.3 is 5.69 Å². The highest BCUT2D eigenvalue weighted by Gasteiger charge is 2.16. The van der Waals surface area contributed by atoms with Crippen LogP contribution in [0.25, 0.3) is 5.69 Å². The third-order valence-electron chi connectivity index (χ3n) is 4.02. The van der Waals surface area contributed by atoms with E-state index in [1.165, 1.54) is 0 Å². The second kappa shape index (κ2) is 7.99. The van der Waals surface area contributed by atoms with Crippen LogP contribution in [-0.4, -0.2) is 19.5 Å². The Morgan fingerprint density at radius 3 is 2.48 bits per heavy atom. The number of para-hydroxylation sites is 1. The zero-order valence-corrected chi connectivity index (χ0v) is 14.9. The minimum absolute atomic E-state index is 0.00473. The van der Waals surface area contributed by atoms with E-state index in [0.717, 1.165) is 9.25 Å². The average Bonchev–Trinajstić information content (AvgIpc) is 2.68. The number of hydrogen-bond acceptors (Lipinski definition) is 5. The molecule has 3 aromatic rings. The van der Waals surface area contributed by atoms with Crippen molar-refractivity contribution in [1.82, 2.24) is 14.3 Å². The van der Waals surface area contributed by atoms with Gasteiger partial charge in [0.1, 0.15) is 0 Å². The Bertz CT molecular complexity index is 1130. The smallest absolute Gasteiger partial charge is 0.352 e. The second-order valence-corrected chi connectivity index (χ2v) is 6.22. The number of benzene rings is 2. The van der Waals surface area contributed by atoms with E-state index in [1.807, 2.05) is 6.07 Å². The number of aromatic nitrogens is 3. The molecule has 0 saturated carbocycles. The fourth-order valence-corrected chi connectivity index (χ4v) is 2.81. The highest BCUT2D eigenvalue weighted by atomic mass is 35.5. The molecule has 0 amide bonds. The third kappa shape index (κ3) is 3.82. The first-order chi connectivity index (χ1) is 13.0. The van der Waals surface area contributed by atoms with Gasteiger partial charge in [0.2, 0.25) is 0 Å². The van der Waals surface area contributed by atoms with Crippen molar-refractivity contribution in [2.75, 3.05) is 0 Å². The van der Waals surface area contributed by atoms with Gasteiger partial charge in [-0.3, -0.25) is 9.36 Å². The summed E-state index contributed by atoms with van der Waals surface area (Å²) in [5, 5.41) is 23.1. The zero-order valence-electron chi connectivity index (χ0n) is 14.2. The molecule has 3 rings (SSSR count). The molecule has 0 atom stereocenters. The Labute approximate surface area is 159 Å². The molecule has 1 aromatic heterocycles. The number of nitrogens with zero attached hydrogens (tertiary/aromatic N) is 4. The molecule has 0 saturated heterocycles. The average molecular weight is 383 g/mol. The van der Waals surface area contributed by atoms with E-state index in [4.69, 9.17) is 16.9 Å². The van der Waals surface area contributed by atoms with E-state index in [0.29, 0.717) is 21.8 Å². The Hall–Kier alpha value is -3.21. The topological polar surface area (TPSA) is 101 Å². The predicted molar refractivity (Wildman–Crippen MR) is 99.9 cm³/mol. The quantitative estimate of drug-likeness (QED) is 0.723. The van der Waals surface area contributed by atoms with Crippen molar-refractivity contribution in [3.05, 3.63) is 91.2 Å². The summed E-state index contributed by atoms with van der Waals surface area (Å²) in [6, 6.07) is 15.6. The van der Waals surface area contributed by atoms with Crippen LogP contribution < -0.4 is 11.2 Å². The normalized spacial score (nSPS) is 10.6. The minimum Gasteiger partial charge on any atom is -0.390 e. The highest BCUT2D eigenvalue weighted by Crippen LogP contribution is 2.13. The number of aliphatic hydroxyl groups excluding tert-OH is 1. The van der Waals surface area contributed by atoms with Crippen molar-refractivity contribution in [2.24, 2.45) is 0 Å². The summed E-state index contributed by atoms with van der Waals surface area (Å²) in [6.45, 7) is -0.606. The highest BCUT2D eigenvalue weighted by molar-refractivity contribution is 6.30. The molecule has 1 N–H and O–H groups in total. The number of rotatable bonds is 5. The molecule has 7 nitrogen and oxygen atoms in total. The maximum Gasteiger partial charge on any atom is 0.352 e. The summed E-state index contributed by atoms with van der Waals surface area (Å²) < 4.78 is 2.06. The minimum atomic E-state index is -0.661. The van der Waals surface area contributed by atoms with Gasteiger partial charge in [-0.05, 0) is 29.3 Å². The van der Waals surface area contributed by atoms with Gasteiger partial charge in [0.05, 0.1) is 31.3 Å². The van der Waals surface area contributed by atoms with E-state index in [9.17, 15) is 14.7 Å². The molecule has 1 heterocycles. The molecule has 0 fully saturated rings. The Kier molecular flexibility index (Phi) is 5.50. The van der Waals surface area contributed by atoms with Crippen molar-refractivity contribution in [3.63, 3.8) is 0 Å². The van der Waals surface area contributed by atoms with Crippen molar-refractivity contribution in [2.45, 2.75) is 19.6 Å². The number of hydrogen-bond donors (Lipinski definition) is 1. The fourth-order valence-electron chi connectivity index (χ4n) is 2.68. The van der Waals surface area contributed by atoms with Crippen molar-refractivity contribution in [3.8, 4) is 11.8 Å². The van der Waals surface area contributed by atoms with Crippen LogP contribution >= 0.6 is 11.6 Å². The lowest BCUT2D eigenvalue weighted by atomic mass is 10.1. The molecule has 0 spiro atoms. The van der Waals surface area contributed by atoms with Crippen LogP contribution in [0.5, 0.6) is 0 Å². The molecule has 27 heavy (non-hydrogen) atoms. The van der Waals surface area contributed by atoms with E-state index < -0.39 is 17.9 Å². The lowest BCUT2D eigenvalue weighted by Gasteiger charge is -2.13. The van der Waals surface area contributed by atoms with Gasteiger partial charge in [0.25, 0.3) is 5.56 Å². The molecule has 0 unspecified atom stereocenters. The SMILES string of the molecule is N#CCc1ccccc1-n1nc(CO)c(=O)n(Cc2ccc(Cl)cc2)c1=O. The lowest BCUT2D eigenvalue weighted by Crippen LogP contribution is -2.43. The fraction of sp³-hybridized carbons (Fsp3) is 0.158. The van der Waals surface area contributed by atoms with E-state index >= 15 is 0 Å². The van der Waals surface area contributed by atoms with E-state index in [2.05, 4.69) is 5.10 Å². The molecular formula is C19H15ClN4O3. The van der Waals surface area contributed by atoms with Gasteiger partial charge in [-0.2, -0.15) is 15.0 Å². The standard InChI is InChI=1S/C19H15ClN4O3/c20-15-7-5-13(6-8-15)11-23-18(26)16(12-25)22-24(19(23)27)17-4-2-1-3-14(17)9-10-21/h1-8,25H,9,11-12H2. The van der Waals surface area contributed by atoms with Gasteiger partial charge in [-0.1, -0.05) is 41.9 Å². The number of nitriles is 1. The number of halogens is 1. The van der Waals surface area contributed by atoms with Crippen molar-refractivity contribution < 1.29 is 5.11 Å². The van der Waals surface area contributed by atoms with Crippen LogP contribution in [0, 0.1) is 11.3 Å². The van der Waals surface area contributed by atoms with Crippen LogP contribution in [0.3, 0.4) is 0 Å². The summed E-state index contributed by atoms with van der Waals surface area (Å²) in [5.74, 6) is 0. The van der Waals surface area contributed by atoms with Crippen molar-refractivity contribution >= 4 is 11.6 Å². The summed E-state index contributed by atoms with van der Waals surface area (Å²) >= 11 is 5.87. The molecule has 0 radical (unpaired) electrons. The molecule has 0 aliphatic rings. The number of aliphatic hydroxyl groups is 1. The molecule has 136 valence electrons. The first-order valence-electron chi connectivity index (χ1n) is 8.08.